The van der Waals surface area contributed by atoms with E-state index in [4.69, 9.17) is 4.74 Å². The van der Waals surface area contributed by atoms with Crippen LogP contribution in [0.3, 0.4) is 0 Å². The first kappa shape index (κ1) is 25.6. The molecular weight excluding hydrogens is 485 g/mol. The Bertz CT molecular complexity index is 1430. The number of anilines is 2. The average molecular weight is 518 g/mol. The van der Waals surface area contributed by atoms with Gasteiger partial charge in [-0.05, 0) is 49.4 Å². The molecular formula is C28H32FN7O2. The van der Waals surface area contributed by atoms with Crippen LogP contribution in [0.2, 0.25) is 0 Å². The second-order valence-corrected chi connectivity index (χ2v) is 9.41. The summed E-state index contributed by atoms with van der Waals surface area (Å²) in [6, 6.07) is 13.0. The molecule has 0 aliphatic carbocycles. The van der Waals surface area contributed by atoms with E-state index < -0.39 is 11.7 Å². The molecule has 10 heteroatoms. The Labute approximate surface area is 221 Å². The van der Waals surface area contributed by atoms with Crippen LogP contribution in [0.25, 0.3) is 10.9 Å². The van der Waals surface area contributed by atoms with Crippen molar-refractivity contribution >= 4 is 28.3 Å². The fourth-order valence-electron chi connectivity index (χ4n) is 4.69. The quantitative estimate of drug-likeness (QED) is 0.318. The summed E-state index contributed by atoms with van der Waals surface area (Å²) in [5.41, 5.74) is 3.55. The number of carbonyl (C=O) groups excluding carboxylic acids is 1. The van der Waals surface area contributed by atoms with Gasteiger partial charge in [0, 0.05) is 62.1 Å². The number of nitrogens with one attached hydrogen (secondary N) is 3. The van der Waals surface area contributed by atoms with Crippen LogP contribution in [-0.2, 0) is 6.54 Å². The van der Waals surface area contributed by atoms with Crippen LogP contribution in [-0.4, -0.2) is 70.4 Å². The Morgan fingerprint density at radius 2 is 1.82 bits per heavy atom. The van der Waals surface area contributed by atoms with Gasteiger partial charge in [0.2, 0.25) is 5.88 Å². The fraction of sp³-hybridized carbons (Fsp3) is 0.321. The number of fused-ring (bicyclic) bond motifs is 1. The number of benzene rings is 2. The average Bonchev–Trinajstić information content (AvgIpc) is 3.33. The molecule has 1 saturated heterocycles. The van der Waals surface area contributed by atoms with Crippen LogP contribution < -0.4 is 15.4 Å². The summed E-state index contributed by atoms with van der Waals surface area (Å²) in [5, 5.41) is 6.20. The summed E-state index contributed by atoms with van der Waals surface area (Å²) in [6.07, 6.45) is 1.28. The molecule has 198 valence electrons. The van der Waals surface area contributed by atoms with E-state index in [1.165, 1.54) is 25.0 Å². The largest absolute Gasteiger partial charge is 0.435 e. The van der Waals surface area contributed by atoms with Crippen molar-refractivity contribution in [3.05, 3.63) is 71.4 Å². The summed E-state index contributed by atoms with van der Waals surface area (Å²) in [6.45, 7) is 10.4. The van der Waals surface area contributed by atoms with E-state index in [2.05, 4.69) is 54.4 Å². The SMILES string of the molecule is CCN1CCN(Cc2ccc(Nc3ncnc(Oc4ccc5[nH]c(C)cc5c4F)c3C(=O)NC)cc2)CC1. The third kappa shape index (κ3) is 5.46. The molecule has 1 fully saturated rings. The fourth-order valence-corrected chi connectivity index (χ4v) is 4.69. The lowest BCUT2D eigenvalue weighted by atomic mass is 10.1. The molecule has 0 saturated carbocycles. The van der Waals surface area contributed by atoms with Gasteiger partial charge in [-0.25, -0.2) is 14.4 Å². The lowest BCUT2D eigenvalue weighted by Crippen LogP contribution is -2.45. The third-order valence-electron chi connectivity index (χ3n) is 6.85. The van der Waals surface area contributed by atoms with E-state index in [1.54, 1.807) is 12.1 Å². The first-order valence-electron chi connectivity index (χ1n) is 12.8. The summed E-state index contributed by atoms with van der Waals surface area (Å²) in [4.78, 5) is 29.3. The van der Waals surface area contributed by atoms with Crippen LogP contribution in [0.5, 0.6) is 11.6 Å². The zero-order valence-electron chi connectivity index (χ0n) is 21.8. The minimum absolute atomic E-state index is 0.0320. The molecule has 1 aliphatic heterocycles. The Morgan fingerprint density at radius 3 is 2.53 bits per heavy atom. The monoisotopic (exact) mass is 517 g/mol. The summed E-state index contributed by atoms with van der Waals surface area (Å²) in [7, 11) is 1.51. The Hall–Kier alpha value is -4.02. The Balaban J connectivity index is 1.35. The van der Waals surface area contributed by atoms with Gasteiger partial charge in [0.05, 0.1) is 0 Å². The maximum absolute atomic E-state index is 15.2. The normalized spacial score (nSPS) is 14.5. The Morgan fingerprint density at radius 1 is 1.08 bits per heavy atom. The molecule has 38 heavy (non-hydrogen) atoms. The van der Waals surface area contributed by atoms with Crippen LogP contribution in [0.15, 0.2) is 48.8 Å². The predicted molar refractivity (Wildman–Crippen MR) is 146 cm³/mol. The number of halogens is 1. The number of likely N-dealkylation sites (N-methyl/N-ethyl adjacent to an activating group) is 1. The van der Waals surface area contributed by atoms with Crippen molar-refractivity contribution in [2.24, 2.45) is 0 Å². The number of hydrogen-bond acceptors (Lipinski definition) is 7. The first-order chi connectivity index (χ1) is 18.4. The van der Waals surface area contributed by atoms with E-state index in [1.807, 2.05) is 19.1 Å². The lowest BCUT2D eigenvalue weighted by Gasteiger charge is -2.34. The van der Waals surface area contributed by atoms with Gasteiger partial charge in [-0.15, -0.1) is 0 Å². The van der Waals surface area contributed by atoms with Crippen molar-refractivity contribution in [2.45, 2.75) is 20.4 Å². The second kappa shape index (κ2) is 11.2. The van der Waals surface area contributed by atoms with E-state index in [0.29, 0.717) is 10.9 Å². The molecule has 0 radical (unpaired) electrons. The number of aryl methyl sites for hydroxylation is 1. The van der Waals surface area contributed by atoms with Crippen molar-refractivity contribution in [1.29, 1.82) is 0 Å². The van der Waals surface area contributed by atoms with E-state index in [-0.39, 0.29) is 23.0 Å². The molecule has 1 aliphatic rings. The Kier molecular flexibility index (Phi) is 7.52. The van der Waals surface area contributed by atoms with Gasteiger partial charge in [0.1, 0.15) is 11.9 Å². The van der Waals surface area contributed by atoms with Gasteiger partial charge in [0.25, 0.3) is 5.91 Å². The number of piperazine rings is 1. The van der Waals surface area contributed by atoms with Gasteiger partial charge in [-0.3, -0.25) is 9.69 Å². The number of ether oxygens (including phenoxy) is 1. The number of carbonyl (C=O) groups is 1. The van der Waals surface area contributed by atoms with Gasteiger partial charge in [-0.2, -0.15) is 0 Å². The highest BCUT2D eigenvalue weighted by Gasteiger charge is 2.22. The van der Waals surface area contributed by atoms with Crippen LogP contribution in [0.1, 0.15) is 28.5 Å². The molecule has 3 N–H and O–H groups in total. The molecule has 2 aromatic heterocycles. The predicted octanol–water partition coefficient (Wildman–Crippen LogP) is 4.44. The number of hydrogen-bond donors (Lipinski definition) is 3. The lowest BCUT2D eigenvalue weighted by molar-refractivity contribution is 0.0960. The zero-order chi connectivity index (χ0) is 26.6. The molecule has 0 atom stereocenters. The van der Waals surface area contributed by atoms with Crippen molar-refractivity contribution < 1.29 is 13.9 Å². The van der Waals surface area contributed by atoms with Crippen molar-refractivity contribution in [2.75, 3.05) is 45.1 Å². The molecule has 0 bridgehead atoms. The smallest absolute Gasteiger partial charge is 0.260 e. The summed E-state index contributed by atoms with van der Waals surface area (Å²) < 4.78 is 21.0. The van der Waals surface area contributed by atoms with Crippen molar-refractivity contribution in [3.8, 4) is 11.6 Å². The van der Waals surface area contributed by atoms with E-state index in [9.17, 15) is 4.79 Å². The number of nitrogens with zero attached hydrogens (tertiary/aromatic N) is 4. The molecule has 9 nitrogen and oxygen atoms in total. The highest BCUT2D eigenvalue weighted by molar-refractivity contribution is 6.01. The summed E-state index contributed by atoms with van der Waals surface area (Å²) >= 11 is 0. The number of H-pyrrole nitrogens is 1. The number of rotatable bonds is 8. The van der Waals surface area contributed by atoms with E-state index >= 15 is 4.39 Å². The van der Waals surface area contributed by atoms with Gasteiger partial charge < -0.3 is 25.3 Å². The van der Waals surface area contributed by atoms with Gasteiger partial charge in [-0.1, -0.05) is 19.1 Å². The van der Waals surface area contributed by atoms with Crippen molar-refractivity contribution in [3.63, 3.8) is 0 Å². The molecule has 4 aromatic rings. The highest BCUT2D eigenvalue weighted by atomic mass is 19.1. The molecule has 0 spiro atoms. The first-order valence-corrected chi connectivity index (χ1v) is 12.8. The third-order valence-corrected chi connectivity index (χ3v) is 6.85. The van der Waals surface area contributed by atoms with Crippen LogP contribution in [0, 0.1) is 12.7 Å². The van der Waals surface area contributed by atoms with Gasteiger partial charge >= 0.3 is 0 Å². The minimum atomic E-state index is -0.533. The van der Waals surface area contributed by atoms with Crippen molar-refractivity contribution in [1.82, 2.24) is 30.1 Å². The van der Waals surface area contributed by atoms with Crippen LogP contribution in [0.4, 0.5) is 15.9 Å². The summed E-state index contributed by atoms with van der Waals surface area (Å²) in [5.74, 6) is -0.804. The molecule has 5 rings (SSSR count). The molecule has 2 aromatic carbocycles. The number of aromatic amines is 1. The minimum Gasteiger partial charge on any atom is -0.435 e. The van der Waals surface area contributed by atoms with Crippen LogP contribution >= 0.6 is 0 Å². The molecule has 1 amide bonds. The number of aromatic nitrogens is 3. The molecule has 3 heterocycles. The maximum atomic E-state index is 15.2. The zero-order valence-corrected chi connectivity index (χ0v) is 21.8. The van der Waals surface area contributed by atoms with Gasteiger partial charge in [0.15, 0.2) is 17.4 Å². The van der Waals surface area contributed by atoms with E-state index in [0.717, 1.165) is 50.6 Å². The maximum Gasteiger partial charge on any atom is 0.260 e. The standard InChI is InChI=1S/C28H32FN7O2/c1-4-35-11-13-36(14-12-35)16-19-5-7-20(8-6-19)34-26-24(27(37)30-3)28(32-17-31-26)38-23-10-9-22-21(25(23)29)15-18(2)33-22/h5-10,15,17,33H,4,11-14,16H2,1-3H3,(H,30,37)(H,31,32,34). The highest BCUT2D eigenvalue weighted by Crippen LogP contribution is 2.33. The number of amides is 1. The second-order valence-electron chi connectivity index (χ2n) is 9.41. The molecule has 0 unspecified atom stereocenters. The topological polar surface area (TPSA) is 98.4 Å².